The minimum absolute atomic E-state index is 0.110. The van der Waals surface area contributed by atoms with Crippen molar-refractivity contribution in [3.05, 3.63) is 64.0 Å². The van der Waals surface area contributed by atoms with E-state index in [2.05, 4.69) is 15.2 Å². The van der Waals surface area contributed by atoms with Crippen molar-refractivity contribution in [2.75, 3.05) is 6.61 Å². The van der Waals surface area contributed by atoms with Crippen molar-refractivity contribution >= 4 is 45.1 Å². The lowest BCUT2D eigenvalue weighted by molar-refractivity contribution is -0.120. The molecular weight excluding hydrogens is 386 g/mol. The number of rotatable bonds is 4. The Hall–Kier alpha value is -3.65. The van der Waals surface area contributed by atoms with E-state index in [4.69, 9.17) is 20.8 Å². The number of hydrogen-bond donors (Lipinski definition) is 2. The molecule has 0 fully saturated rings. The van der Waals surface area contributed by atoms with Crippen LogP contribution in [0.15, 0.2) is 68.0 Å². The molecule has 140 valence electrons. The molecule has 0 aliphatic rings. The van der Waals surface area contributed by atoms with Gasteiger partial charge in [0.25, 0.3) is 0 Å². The highest BCUT2D eigenvalue weighted by atomic mass is 35.5. The second-order valence-corrected chi connectivity index (χ2v) is 6.29. The number of aromatic nitrogens is 1. The Kier molecular flexibility index (Phi) is 4.54. The van der Waals surface area contributed by atoms with Crippen molar-refractivity contribution < 1.29 is 19.1 Å². The first-order valence-corrected chi connectivity index (χ1v) is 8.49. The maximum atomic E-state index is 12.0. The van der Waals surface area contributed by atoms with Crippen LogP contribution in [0.5, 0.6) is 11.6 Å². The summed E-state index contributed by atoms with van der Waals surface area (Å²) >= 11 is 5.95. The first kappa shape index (κ1) is 17.7. The van der Waals surface area contributed by atoms with Crippen LogP contribution in [0.2, 0.25) is 5.02 Å². The van der Waals surface area contributed by atoms with Crippen LogP contribution in [0.1, 0.15) is 0 Å². The lowest BCUT2D eigenvalue weighted by Gasteiger charge is -2.03. The Morgan fingerprint density at radius 3 is 2.86 bits per heavy atom. The minimum atomic E-state index is -0.662. The summed E-state index contributed by atoms with van der Waals surface area (Å²) in [7, 11) is 0. The molecular formula is C19H12ClN3O5. The van der Waals surface area contributed by atoms with Gasteiger partial charge in [-0.3, -0.25) is 4.79 Å². The minimum Gasteiger partial charge on any atom is -0.493 e. The number of hydrogen-bond acceptors (Lipinski definition) is 6. The number of benzene rings is 2. The first-order chi connectivity index (χ1) is 13.5. The third-order valence-electron chi connectivity index (χ3n) is 3.93. The summed E-state index contributed by atoms with van der Waals surface area (Å²) in [6, 6.07) is 12.7. The molecule has 0 aliphatic heterocycles. The lowest BCUT2D eigenvalue weighted by atomic mass is 10.2. The maximum absolute atomic E-state index is 12.0. The standard InChI is InChI=1S/C19H12ClN3O5/c20-11-3-5-14-13(7-11)18(19(26)21-14)23-22-16(24)9-27-12-4-1-10-2-6-17(25)28-15(10)8-12/h1-8,21,26H,9H2. The Morgan fingerprint density at radius 1 is 1.18 bits per heavy atom. The van der Waals surface area contributed by atoms with Crippen LogP contribution in [0, 0.1) is 0 Å². The number of nitrogens with zero attached hydrogens (tertiary/aromatic N) is 2. The molecule has 0 radical (unpaired) electrons. The van der Waals surface area contributed by atoms with Gasteiger partial charge >= 0.3 is 11.5 Å². The van der Waals surface area contributed by atoms with E-state index in [-0.39, 0.29) is 18.2 Å². The monoisotopic (exact) mass is 397 g/mol. The third kappa shape index (κ3) is 3.58. The molecule has 28 heavy (non-hydrogen) atoms. The van der Waals surface area contributed by atoms with Gasteiger partial charge in [-0.25, -0.2) is 4.79 Å². The Bertz CT molecular complexity index is 1290. The van der Waals surface area contributed by atoms with E-state index in [1.807, 2.05) is 0 Å². The number of H-pyrrole nitrogens is 1. The number of halogens is 1. The number of carbonyl (C=O) groups excluding carboxylic acids is 1. The summed E-state index contributed by atoms with van der Waals surface area (Å²) in [5.74, 6) is -0.545. The smallest absolute Gasteiger partial charge is 0.336 e. The molecule has 0 spiro atoms. The normalized spacial score (nSPS) is 11.5. The number of nitrogens with one attached hydrogen (secondary N) is 1. The van der Waals surface area contributed by atoms with Crippen molar-refractivity contribution in [3.63, 3.8) is 0 Å². The average molecular weight is 398 g/mol. The van der Waals surface area contributed by atoms with Gasteiger partial charge in [-0.2, -0.15) is 0 Å². The van der Waals surface area contributed by atoms with Crippen molar-refractivity contribution in [2.45, 2.75) is 0 Å². The molecule has 8 nitrogen and oxygen atoms in total. The van der Waals surface area contributed by atoms with Gasteiger partial charge < -0.3 is 19.2 Å². The highest BCUT2D eigenvalue weighted by molar-refractivity contribution is 6.31. The molecule has 2 heterocycles. The number of aromatic amines is 1. The number of aromatic hydroxyl groups is 1. The molecule has 9 heteroatoms. The highest BCUT2D eigenvalue weighted by Gasteiger charge is 2.12. The van der Waals surface area contributed by atoms with Crippen LogP contribution in [-0.4, -0.2) is 22.6 Å². The van der Waals surface area contributed by atoms with E-state index < -0.39 is 11.5 Å². The topological polar surface area (TPSA) is 117 Å². The molecule has 0 saturated carbocycles. The van der Waals surface area contributed by atoms with Gasteiger partial charge in [0.15, 0.2) is 12.3 Å². The van der Waals surface area contributed by atoms with Crippen molar-refractivity contribution in [2.24, 2.45) is 10.2 Å². The van der Waals surface area contributed by atoms with Gasteiger partial charge in [0.2, 0.25) is 5.88 Å². The van der Waals surface area contributed by atoms with E-state index in [1.165, 1.54) is 12.1 Å². The molecule has 2 aromatic carbocycles. The quantitative estimate of drug-likeness (QED) is 0.392. The van der Waals surface area contributed by atoms with Crippen LogP contribution < -0.4 is 10.4 Å². The van der Waals surface area contributed by atoms with Gasteiger partial charge in [0.1, 0.15) is 11.3 Å². The van der Waals surface area contributed by atoms with E-state index in [0.29, 0.717) is 27.3 Å². The van der Waals surface area contributed by atoms with E-state index in [0.717, 1.165) is 5.39 Å². The van der Waals surface area contributed by atoms with Crippen LogP contribution in [-0.2, 0) is 4.79 Å². The van der Waals surface area contributed by atoms with Gasteiger partial charge in [0, 0.05) is 27.9 Å². The Labute approximate surface area is 162 Å². The fourth-order valence-electron chi connectivity index (χ4n) is 2.65. The number of fused-ring (bicyclic) bond motifs is 2. The fourth-order valence-corrected chi connectivity index (χ4v) is 2.82. The molecule has 0 aliphatic carbocycles. The molecule has 0 unspecified atom stereocenters. The van der Waals surface area contributed by atoms with Crippen molar-refractivity contribution in [1.82, 2.24) is 4.98 Å². The van der Waals surface area contributed by atoms with E-state index in [9.17, 15) is 14.7 Å². The Balaban J connectivity index is 1.48. The average Bonchev–Trinajstić information content (AvgIpc) is 2.98. The second-order valence-electron chi connectivity index (χ2n) is 5.85. The second kappa shape index (κ2) is 7.16. The number of carbonyl (C=O) groups is 1. The van der Waals surface area contributed by atoms with Crippen LogP contribution in [0.3, 0.4) is 0 Å². The maximum Gasteiger partial charge on any atom is 0.336 e. The molecule has 0 saturated heterocycles. The molecule has 2 N–H and O–H groups in total. The summed E-state index contributed by atoms with van der Waals surface area (Å²) in [6.45, 7) is -0.379. The fraction of sp³-hybridized carbons (Fsp3) is 0.0526. The zero-order chi connectivity index (χ0) is 19.7. The predicted octanol–water partition coefficient (Wildman–Crippen LogP) is 4.32. The lowest BCUT2D eigenvalue weighted by Crippen LogP contribution is -2.07. The van der Waals surface area contributed by atoms with Gasteiger partial charge in [-0.1, -0.05) is 11.6 Å². The summed E-state index contributed by atoms with van der Waals surface area (Å²) in [6.07, 6.45) is 0. The zero-order valence-electron chi connectivity index (χ0n) is 14.2. The molecule has 4 rings (SSSR count). The van der Waals surface area contributed by atoms with E-state index >= 15 is 0 Å². The Morgan fingerprint density at radius 2 is 2.00 bits per heavy atom. The van der Waals surface area contributed by atoms with Crippen molar-refractivity contribution in [1.29, 1.82) is 0 Å². The SMILES string of the molecule is O=C(COc1ccc2ccc(=O)oc2c1)N=Nc1c(O)[nH]c2ccc(Cl)cc12. The number of azo groups is 1. The van der Waals surface area contributed by atoms with Gasteiger partial charge in [-0.15, -0.1) is 10.2 Å². The highest BCUT2D eigenvalue weighted by Crippen LogP contribution is 2.36. The van der Waals surface area contributed by atoms with Gasteiger partial charge in [0.05, 0.1) is 5.52 Å². The molecule has 2 aromatic heterocycles. The predicted molar refractivity (Wildman–Crippen MR) is 102 cm³/mol. The van der Waals surface area contributed by atoms with Crippen LogP contribution >= 0.6 is 11.6 Å². The number of ether oxygens (including phenoxy) is 1. The third-order valence-corrected chi connectivity index (χ3v) is 4.17. The van der Waals surface area contributed by atoms with Crippen molar-refractivity contribution in [3.8, 4) is 11.6 Å². The summed E-state index contributed by atoms with van der Waals surface area (Å²) in [5.41, 5.74) is 0.586. The molecule has 0 bridgehead atoms. The summed E-state index contributed by atoms with van der Waals surface area (Å²) in [4.78, 5) is 26.0. The summed E-state index contributed by atoms with van der Waals surface area (Å²) < 4.78 is 10.4. The summed E-state index contributed by atoms with van der Waals surface area (Å²) in [5, 5.41) is 19.0. The number of amides is 1. The zero-order valence-corrected chi connectivity index (χ0v) is 14.9. The van der Waals surface area contributed by atoms with Gasteiger partial charge in [-0.05, 0) is 36.4 Å². The molecule has 4 aromatic rings. The molecule has 0 atom stereocenters. The van der Waals surface area contributed by atoms with Crippen LogP contribution in [0.4, 0.5) is 5.69 Å². The molecule has 1 amide bonds. The van der Waals surface area contributed by atoms with E-state index in [1.54, 1.807) is 36.4 Å². The largest absolute Gasteiger partial charge is 0.493 e. The van der Waals surface area contributed by atoms with Crippen LogP contribution in [0.25, 0.3) is 21.9 Å². The first-order valence-electron chi connectivity index (χ1n) is 8.11.